The number of aromatic nitrogens is 1. The third-order valence-electron chi connectivity index (χ3n) is 4.29. The van der Waals surface area contributed by atoms with E-state index in [-0.39, 0.29) is 11.7 Å². The maximum atomic E-state index is 12.5. The maximum Gasteiger partial charge on any atom is 0.230 e. The third kappa shape index (κ3) is 2.97. The number of fused-ring (bicyclic) bond motifs is 1. The molecule has 1 amide bonds. The number of para-hydroxylation sites is 1. The first-order valence-corrected chi connectivity index (χ1v) is 9.16. The molecule has 0 saturated carbocycles. The number of carbonyl (C=O) groups is 2. The molecule has 0 saturated heterocycles. The first-order valence-electron chi connectivity index (χ1n) is 8.28. The van der Waals surface area contributed by atoms with Crippen molar-refractivity contribution in [3.8, 4) is 0 Å². The Morgan fingerprint density at radius 1 is 1.12 bits per heavy atom. The smallest absolute Gasteiger partial charge is 0.230 e. The van der Waals surface area contributed by atoms with Gasteiger partial charge in [0.05, 0.1) is 11.4 Å². The highest BCUT2D eigenvalue weighted by atomic mass is 32.1. The van der Waals surface area contributed by atoms with Crippen LogP contribution in [0.25, 0.3) is 6.08 Å². The van der Waals surface area contributed by atoms with Gasteiger partial charge in [-0.1, -0.05) is 42.5 Å². The summed E-state index contributed by atoms with van der Waals surface area (Å²) < 4.78 is 0. The van der Waals surface area contributed by atoms with Crippen molar-refractivity contribution >= 4 is 39.9 Å². The second-order valence-corrected chi connectivity index (χ2v) is 6.91. The molecular weight excluding hydrogens is 344 g/mol. The van der Waals surface area contributed by atoms with Gasteiger partial charge < -0.3 is 0 Å². The van der Waals surface area contributed by atoms with E-state index >= 15 is 0 Å². The van der Waals surface area contributed by atoms with Crippen molar-refractivity contribution in [2.24, 2.45) is 0 Å². The minimum atomic E-state index is -0.103. The largest absolute Gasteiger partial charge is 0.289 e. The number of benzene rings is 2. The fourth-order valence-corrected chi connectivity index (χ4v) is 3.94. The quantitative estimate of drug-likeness (QED) is 0.639. The molecule has 4 rings (SSSR count). The molecule has 0 aliphatic heterocycles. The van der Waals surface area contributed by atoms with Crippen molar-refractivity contribution in [3.63, 3.8) is 0 Å². The zero-order valence-electron chi connectivity index (χ0n) is 14.2. The standard InChI is InChI=1S/C21H16N2O2S/c1-14(24)23(18-8-3-2-4-9-18)21-22-17(13-26-21)12-16-11-15-7-5-6-10-19(15)20(16)25/h2-10,12-13H,11H2,1H3/b16-12+. The van der Waals surface area contributed by atoms with Crippen LogP contribution in [-0.2, 0) is 11.2 Å². The molecule has 4 nitrogen and oxygen atoms in total. The van der Waals surface area contributed by atoms with Crippen molar-refractivity contribution < 1.29 is 9.59 Å². The van der Waals surface area contributed by atoms with E-state index in [1.54, 1.807) is 4.90 Å². The fourth-order valence-electron chi connectivity index (χ4n) is 3.10. The summed E-state index contributed by atoms with van der Waals surface area (Å²) in [6.07, 6.45) is 2.45. The first kappa shape index (κ1) is 16.4. The molecule has 0 spiro atoms. The molecule has 0 radical (unpaired) electrons. The number of rotatable bonds is 3. The lowest BCUT2D eigenvalue weighted by Gasteiger charge is -2.17. The minimum Gasteiger partial charge on any atom is -0.289 e. The van der Waals surface area contributed by atoms with Crippen molar-refractivity contribution in [3.05, 3.63) is 82.4 Å². The average molecular weight is 360 g/mol. The van der Waals surface area contributed by atoms with Gasteiger partial charge in [-0.3, -0.25) is 14.5 Å². The SMILES string of the molecule is CC(=O)N(c1ccccc1)c1nc(/C=C2\Cc3ccccc3C2=O)cs1. The van der Waals surface area contributed by atoms with Crippen molar-refractivity contribution in [2.45, 2.75) is 13.3 Å². The van der Waals surface area contributed by atoms with E-state index in [9.17, 15) is 9.59 Å². The zero-order valence-corrected chi connectivity index (χ0v) is 15.0. The number of amides is 1. The summed E-state index contributed by atoms with van der Waals surface area (Å²) >= 11 is 1.39. The number of carbonyl (C=O) groups excluding carboxylic acids is 2. The number of hydrogen-bond donors (Lipinski definition) is 0. The summed E-state index contributed by atoms with van der Waals surface area (Å²) in [6.45, 7) is 1.52. The van der Waals surface area contributed by atoms with Crippen molar-refractivity contribution in [1.82, 2.24) is 4.98 Å². The third-order valence-corrected chi connectivity index (χ3v) is 5.13. The molecule has 0 bridgehead atoms. The van der Waals surface area contributed by atoms with E-state index in [0.717, 1.165) is 22.4 Å². The molecule has 2 aromatic carbocycles. The number of ketones is 1. The van der Waals surface area contributed by atoms with Crippen LogP contribution in [0.5, 0.6) is 0 Å². The predicted octanol–water partition coefficient (Wildman–Crippen LogP) is 4.65. The number of Topliss-reactive ketones (excluding diaryl/α,β-unsaturated/α-hetero) is 1. The van der Waals surface area contributed by atoms with Crippen LogP contribution < -0.4 is 4.90 Å². The van der Waals surface area contributed by atoms with Crippen LogP contribution in [0.1, 0.15) is 28.5 Å². The maximum absolute atomic E-state index is 12.5. The van der Waals surface area contributed by atoms with Gasteiger partial charge in [0.1, 0.15) is 0 Å². The Morgan fingerprint density at radius 2 is 1.85 bits per heavy atom. The predicted molar refractivity (Wildman–Crippen MR) is 104 cm³/mol. The van der Waals surface area contributed by atoms with Gasteiger partial charge in [0, 0.05) is 29.9 Å². The number of hydrogen-bond acceptors (Lipinski definition) is 4. The van der Waals surface area contributed by atoms with Crippen LogP contribution in [0.15, 0.2) is 65.6 Å². The van der Waals surface area contributed by atoms with Crippen molar-refractivity contribution in [2.75, 3.05) is 4.90 Å². The van der Waals surface area contributed by atoms with Gasteiger partial charge in [-0.25, -0.2) is 4.98 Å². The number of allylic oxidation sites excluding steroid dienone is 1. The molecule has 5 heteroatoms. The van der Waals surface area contributed by atoms with E-state index in [0.29, 0.717) is 17.2 Å². The summed E-state index contributed by atoms with van der Waals surface area (Å²) in [7, 11) is 0. The molecule has 0 fully saturated rings. The molecule has 1 heterocycles. The van der Waals surface area contributed by atoms with Gasteiger partial charge in [0.2, 0.25) is 5.91 Å². The van der Waals surface area contributed by atoms with Crippen LogP contribution >= 0.6 is 11.3 Å². The molecular formula is C21H16N2O2S. The Balaban J connectivity index is 1.65. The van der Waals surface area contributed by atoms with Crippen LogP contribution in [-0.4, -0.2) is 16.7 Å². The molecule has 0 unspecified atom stereocenters. The fraction of sp³-hybridized carbons (Fsp3) is 0.0952. The Morgan fingerprint density at radius 3 is 2.58 bits per heavy atom. The molecule has 0 atom stereocenters. The second-order valence-electron chi connectivity index (χ2n) is 6.08. The first-order chi connectivity index (χ1) is 12.6. The van der Waals surface area contributed by atoms with Crippen molar-refractivity contribution in [1.29, 1.82) is 0 Å². The van der Waals surface area contributed by atoms with Gasteiger partial charge in [0.15, 0.2) is 10.9 Å². The lowest BCUT2D eigenvalue weighted by atomic mass is 10.1. The highest BCUT2D eigenvalue weighted by Crippen LogP contribution is 2.31. The number of thiazole rings is 1. The van der Waals surface area contributed by atoms with Crippen LogP contribution in [0.3, 0.4) is 0 Å². The topological polar surface area (TPSA) is 50.3 Å². The van der Waals surface area contributed by atoms with Crippen LogP contribution in [0, 0.1) is 0 Å². The lowest BCUT2D eigenvalue weighted by Crippen LogP contribution is -2.22. The van der Waals surface area contributed by atoms with E-state index in [1.165, 1.54) is 18.3 Å². The molecule has 1 aliphatic carbocycles. The van der Waals surface area contributed by atoms with Crippen LogP contribution in [0.2, 0.25) is 0 Å². The Kier molecular flexibility index (Phi) is 4.22. The Bertz CT molecular complexity index is 1020. The summed E-state index contributed by atoms with van der Waals surface area (Å²) in [5, 5.41) is 2.47. The van der Waals surface area contributed by atoms with E-state index in [2.05, 4.69) is 4.98 Å². The zero-order chi connectivity index (χ0) is 18.1. The highest BCUT2D eigenvalue weighted by molar-refractivity contribution is 7.14. The van der Waals surface area contributed by atoms with Gasteiger partial charge in [-0.15, -0.1) is 11.3 Å². The molecule has 26 heavy (non-hydrogen) atoms. The molecule has 0 N–H and O–H groups in total. The Hall–Kier alpha value is -3.05. The van der Waals surface area contributed by atoms with E-state index in [1.807, 2.05) is 66.1 Å². The highest BCUT2D eigenvalue weighted by Gasteiger charge is 2.24. The summed E-state index contributed by atoms with van der Waals surface area (Å²) in [4.78, 5) is 30.8. The molecule has 1 aromatic heterocycles. The Labute approximate surface area is 155 Å². The van der Waals surface area contributed by atoms with E-state index in [4.69, 9.17) is 0 Å². The average Bonchev–Trinajstić information content (AvgIpc) is 3.22. The number of nitrogens with zero attached hydrogens (tertiary/aromatic N) is 2. The lowest BCUT2D eigenvalue weighted by molar-refractivity contribution is -0.115. The molecule has 1 aliphatic rings. The van der Waals surface area contributed by atoms with Crippen LogP contribution in [0.4, 0.5) is 10.8 Å². The molecule has 128 valence electrons. The van der Waals surface area contributed by atoms with Gasteiger partial charge >= 0.3 is 0 Å². The molecule has 3 aromatic rings. The summed E-state index contributed by atoms with van der Waals surface area (Å²) in [5.41, 5.74) is 4.02. The normalized spacial score (nSPS) is 14.5. The number of anilines is 2. The summed E-state index contributed by atoms with van der Waals surface area (Å²) in [5.74, 6) is -0.0456. The second kappa shape index (κ2) is 6.69. The van der Waals surface area contributed by atoms with E-state index < -0.39 is 0 Å². The van der Waals surface area contributed by atoms with Gasteiger partial charge in [-0.2, -0.15) is 0 Å². The summed E-state index contributed by atoms with van der Waals surface area (Å²) in [6, 6.07) is 17.1. The van der Waals surface area contributed by atoms with Gasteiger partial charge in [0.25, 0.3) is 0 Å². The van der Waals surface area contributed by atoms with Gasteiger partial charge in [-0.05, 0) is 23.8 Å². The minimum absolute atomic E-state index is 0.0571. The monoisotopic (exact) mass is 360 g/mol.